The molecule has 0 radical (unpaired) electrons. The van der Waals surface area contributed by atoms with Crippen LogP contribution >= 0.6 is 0 Å². The van der Waals surface area contributed by atoms with E-state index in [-0.39, 0.29) is 24.9 Å². The van der Waals surface area contributed by atoms with Gasteiger partial charge < -0.3 is 19.7 Å². The maximum absolute atomic E-state index is 11.7. The summed E-state index contributed by atoms with van der Waals surface area (Å²) in [5, 5.41) is 15.5. The standard InChI is InChI=1S/C13H18N2O5/c1-9-6-11(15-20-9)19-7-10(16)14-8-13(12(17)18)4-2-3-5-13/h6H,2-5,7-8H2,1H3,(H,14,16)(H,17,18). The van der Waals surface area contributed by atoms with Gasteiger partial charge in [-0.05, 0) is 24.9 Å². The third-order valence-corrected chi connectivity index (χ3v) is 3.60. The highest BCUT2D eigenvalue weighted by molar-refractivity contribution is 5.80. The first-order valence-electron chi connectivity index (χ1n) is 6.58. The Hall–Kier alpha value is -2.05. The molecule has 7 nitrogen and oxygen atoms in total. The molecule has 0 saturated heterocycles. The lowest BCUT2D eigenvalue weighted by Gasteiger charge is -2.23. The Morgan fingerprint density at radius 1 is 1.50 bits per heavy atom. The molecule has 1 fully saturated rings. The molecule has 1 aromatic heterocycles. The first-order valence-corrected chi connectivity index (χ1v) is 6.58. The second-order valence-electron chi connectivity index (χ2n) is 5.13. The Balaban J connectivity index is 1.78. The molecule has 0 aliphatic heterocycles. The number of amides is 1. The van der Waals surface area contributed by atoms with E-state index >= 15 is 0 Å². The molecule has 0 atom stereocenters. The molecule has 0 bridgehead atoms. The van der Waals surface area contributed by atoms with Crippen LogP contribution in [-0.2, 0) is 9.59 Å². The summed E-state index contributed by atoms with van der Waals surface area (Å²) >= 11 is 0. The van der Waals surface area contributed by atoms with Crippen LogP contribution < -0.4 is 10.1 Å². The second kappa shape index (κ2) is 5.94. The van der Waals surface area contributed by atoms with E-state index in [1.807, 2.05) is 0 Å². The lowest BCUT2D eigenvalue weighted by molar-refractivity contribution is -0.148. The third-order valence-electron chi connectivity index (χ3n) is 3.60. The summed E-state index contributed by atoms with van der Waals surface area (Å²) in [6, 6.07) is 1.57. The molecule has 0 unspecified atom stereocenters. The zero-order valence-electron chi connectivity index (χ0n) is 11.3. The summed E-state index contributed by atoms with van der Waals surface area (Å²) in [4.78, 5) is 23.0. The van der Waals surface area contributed by atoms with Gasteiger partial charge in [0.05, 0.1) is 5.41 Å². The summed E-state index contributed by atoms with van der Waals surface area (Å²) in [6.07, 6.45) is 2.98. The van der Waals surface area contributed by atoms with E-state index in [1.165, 1.54) is 0 Å². The fourth-order valence-corrected chi connectivity index (χ4v) is 2.39. The average Bonchev–Trinajstić information content (AvgIpc) is 3.03. The van der Waals surface area contributed by atoms with Crippen molar-refractivity contribution in [3.8, 4) is 5.88 Å². The van der Waals surface area contributed by atoms with Crippen molar-refractivity contribution in [2.45, 2.75) is 32.6 Å². The van der Waals surface area contributed by atoms with E-state index in [4.69, 9.17) is 9.26 Å². The van der Waals surface area contributed by atoms with Crippen molar-refractivity contribution < 1.29 is 24.0 Å². The van der Waals surface area contributed by atoms with Crippen molar-refractivity contribution in [1.29, 1.82) is 0 Å². The number of carboxylic acid groups (broad SMARTS) is 1. The molecule has 0 spiro atoms. The number of aromatic nitrogens is 1. The minimum absolute atomic E-state index is 0.141. The summed E-state index contributed by atoms with van der Waals surface area (Å²) in [7, 11) is 0. The fourth-order valence-electron chi connectivity index (χ4n) is 2.39. The largest absolute Gasteiger partial charge is 0.481 e. The minimum atomic E-state index is -0.844. The van der Waals surface area contributed by atoms with Gasteiger partial charge in [-0.1, -0.05) is 12.8 Å². The number of aliphatic carboxylic acids is 1. The Labute approximate surface area is 116 Å². The summed E-state index contributed by atoms with van der Waals surface area (Å²) in [5.74, 6) is -0.371. The van der Waals surface area contributed by atoms with Gasteiger partial charge in [-0.3, -0.25) is 9.59 Å². The van der Waals surface area contributed by atoms with Crippen molar-refractivity contribution >= 4 is 11.9 Å². The van der Waals surface area contributed by atoms with Crippen molar-refractivity contribution in [3.63, 3.8) is 0 Å². The van der Waals surface area contributed by atoms with E-state index in [0.717, 1.165) is 12.8 Å². The van der Waals surface area contributed by atoms with Gasteiger partial charge in [0.1, 0.15) is 5.76 Å². The van der Waals surface area contributed by atoms with Gasteiger partial charge in [-0.25, -0.2) is 0 Å². The fraction of sp³-hybridized carbons (Fsp3) is 0.615. The number of hydrogen-bond donors (Lipinski definition) is 2. The van der Waals surface area contributed by atoms with Crippen LogP contribution in [0.1, 0.15) is 31.4 Å². The van der Waals surface area contributed by atoms with Gasteiger partial charge in [0, 0.05) is 12.6 Å². The first kappa shape index (κ1) is 14.4. The molecule has 110 valence electrons. The number of ether oxygens (including phenoxy) is 1. The van der Waals surface area contributed by atoms with Gasteiger partial charge in [0.2, 0.25) is 0 Å². The van der Waals surface area contributed by atoms with Crippen molar-refractivity contribution in [2.75, 3.05) is 13.2 Å². The van der Waals surface area contributed by atoms with E-state index in [0.29, 0.717) is 18.6 Å². The molecular formula is C13H18N2O5. The lowest BCUT2D eigenvalue weighted by Crippen LogP contribution is -2.42. The van der Waals surface area contributed by atoms with Crippen LogP contribution in [0.3, 0.4) is 0 Å². The molecule has 20 heavy (non-hydrogen) atoms. The number of nitrogens with zero attached hydrogens (tertiary/aromatic N) is 1. The maximum atomic E-state index is 11.7. The number of carbonyl (C=O) groups is 2. The van der Waals surface area contributed by atoms with Crippen LogP contribution in [0, 0.1) is 12.3 Å². The quantitative estimate of drug-likeness (QED) is 0.810. The van der Waals surface area contributed by atoms with Crippen molar-refractivity contribution in [3.05, 3.63) is 11.8 Å². The smallest absolute Gasteiger partial charge is 0.311 e. The number of aryl methyl sites for hydroxylation is 1. The zero-order valence-corrected chi connectivity index (χ0v) is 11.3. The van der Waals surface area contributed by atoms with Crippen molar-refractivity contribution in [1.82, 2.24) is 10.5 Å². The highest BCUT2D eigenvalue weighted by Gasteiger charge is 2.41. The molecule has 1 aliphatic rings. The molecule has 0 aromatic carbocycles. The minimum Gasteiger partial charge on any atom is -0.481 e. The van der Waals surface area contributed by atoms with E-state index in [2.05, 4.69) is 10.5 Å². The van der Waals surface area contributed by atoms with Gasteiger partial charge in [-0.15, -0.1) is 0 Å². The molecule has 2 rings (SSSR count). The maximum Gasteiger partial charge on any atom is 0.311 e. The van der Waals surface area contributed by atoms with Gasteiger partial charge in [0.15, 0.2) is 6.61 Å². The second-order valence-corrected chi connectivity index (χ2v) is 5.13. The van der Waals surface area contributed by atoms with Crippen molar-refractivity contribution in [2.24, 2.45) is 5.41 Å². The third kappa shape index (κ3) is 3.28. The summed E-state index contributed by atoms with van der Waals surface area (Å²) in [6.45, 7) is 1.65. The van der Waals surface area contributed by atoms with E-state index < -0.39 is 11.4 Å². The molecular weight excluding hydrogens is 264 g/mol. The van der Waals surface area contributed by atoms with Crippen LogP contribution in [0.15, 0.2) is 10.6 Å². The van der Waals surface area contributed by atoms with Gasteiger partial charge >= 0.3 is 5.97 Å². The number of carboxylic acids is 1. The zero-order chi connectivity index (χ0) is 14.6. The highest BCUT2D eigenvalue weighted by atomic mass is 16.5. The van der Waals surface area contributed by atoms with Crippen LogP contribution in [-0.4, -0.2) is 35.3 Å². The summed E-state index contributed by atoms with van der Waals surface area (Å²) < 4.78 is 9.93. The molecule has 1 heterocycles. The number of rotatable bonds is 6. The number of carbonyl (C=O) groups excluding carboxylic acids is 1. The Morgan fingerprint density at radius 3 is 2.75 bits per heavy atom. The summed E-state index contributed by atoms with van der Waals surface area (Å²) in [5.41, 5.74) is -0.819. The predicted molar refractivity (Wildman–Crippen MR) is 68.3 cm³/mol. The molecule has 1 aliphatic carbocycles. The van der Waals surface area contributed by atoms with Gasteiger partial charge in [0.25, 0.3) is 11.8 Å². The Bertz CT molecular complexity index is 491. The Morgan fingerprint density at radius 2 is 2.20 bits per heavy atom. The highest BCUT2D eigenvalue weighted by Crippen LogP contribution is 2.37. The van der Waals surface area contributed by atoms with Crippen LogP contribution in [0.4, 0.5) is 0 Å². The predicted octanol–water partition coefficient (Wildman–Crippen LogP) is 1.12. The molecule has 2 N–H and O–H groups in total. The molecule has 7 heteroatoms. The number of hydrogen-bond acceptors (Lipinski definition) is 5. The SMILES string of the molecule is Cc1cc(OCC(=O)NCC2(C(=O)O)CCCC2)no1. The topological polar surface area (TPSA) is 102 Å². The lowest BCUT2D eigenvalue weighted by atomic mass is 9.86. The van der Waals surface area contributed by atoms with E-state index in [9.17, 15) is 14.7 Å². The van der Waals surface area contributed by atoms with Crippen LogP contribution in [0.25, 0.3) is 0 Å². The molecule has 1 amide bonds. The van der Waals surface area contributed by atoms with Crippen LogP contribution in [0.2, 0.25) is 0 Å². The van der Waals surface area contributed by atoms with Crippen LogP contribution in [0.5, 0.6) is 5.88 Å². The Kier molecular flexibility index (Phi) is 4.26. The first-order chi connectivity index (χ1) is 9.52. The molecule has 1 saturated carbocycles. The monoisotopic (exact) mass is 282 g/mol. The number of nitrogens with one attached hydrogen (secondary N) is 1. The van der Waals surface area contributed by atoms with Gasteiger partial charge in [-0.2, -0.15) is 0 Å². The molecule has 1 aromatic rings. The normalized spacial score (nSPS) is 16.9. The average molecular weight is 282 g/mol. The van der Waals surface area contributed by atoms with E-state index in [1.54, 1.807) is 13.0 Å².